The number of benzene rings is 1. The van der Waals surface area contributed by atoms with Crippen LogP contribution in [0.5, 0.6) is 0 Å². The van der Waals surface area contributed by atoms with Crippen LogP contribution in [0.25, 0.3) is 5.69 Å². The van der Waals surface area contributed by atoms with Gasteiger partial charge in [0.2, 0.25) is 0 Å². The summed E-state index contributed by atoms with van der Waals surface area (Å²) in [7, 11) is 4.16. The molecule has 0 saturated carbocycles. The van der Waals surface area contributed by atoms with E-state index in [0.29, 0.717) is 23.3 Å². The van der Waals surface area contributed by atoms with E-state index in [0.717, 1.165) is 19.4 Å². The molecule has 0 amide bonds. The topological polar surface area (TPSA) is 50.2 Å². The first-order chi connectivity index (χ1) is 12.0. The highest BCUT2D eigenvalue weighted by atomic mass is 35.5. The van der Waals surface area contributed by atoms with Crippen LogP contribution in [-0.4, -0.2) is 41.4 Å². The predicted octanol–water partition coefficient (Wildman–Crippen LogP) is 3.66. The first-order valence-corrected chi connectivity index (χ1v) is 9.10. The standard InChI is InChI=1S/C19H27ClN4O/c1-5-14(6-2)17(23(3)4)13-21-16-12-22-24(19(25)18(16)20)15-10-8-7-9-11-15/h7-12,14,17,21H,5-6,13H2,1-4H3/t17-/m0/s1. The summed E-state index contributed by atoms with van der Waals surface area (Å²) in [5.74, 6) is 0.582. The van der Waals surface area contributed by atoms with Crippen molar-refractivity contribution in [3.8, 4) is 5.69 Å². The maximum Gasteiger partial charge on any atom is 0.292 e. The summed E-state index contributed by atoms with van der Waals surface area (Å²) in [5.41, 5.74) is 0.961. The first kappa shape index (κ1) is 19.5. The normalized spacial score (nSPS) is 12.6. The van der Waals surface area contributed by atoms with Crippen LogP contribution in [-0.2, 0) is 0 Å². The Morgan fingerprint density at radius 1 is 1.20 bits per heavy atom. The van der Waals surface area contributed by atoms with Crippen molar-refractivity contribution in [3.05, 3.63) is 51.9 Å². The maximum atomic E-state index is 12.5. The van der Waals surface area contributed by atoms with Gasteiger partial charge in [-0.3, -0.25) is 4.79 Å². The molecule has 0 aliphatic heterocycles. The van der Waals surface area contributed by atoms with Crippen LogP contribution < -0.4 is 10.9 Å². The summed E-state index contributed by atoms with van der Waals surface area (Å²) in [6.45, 7) is 5.13. The molecule has 136 valence electrons. The number of hydrogen-bond acceptors (Lipinski definition) is 4. The summed E-state index contributed by atoms with van der Waals surface area (Å²) >= 11 is 6.31. The molecule has 1 aromatic heterocycles. The van der Waals surface area contributed by atoms with E-state index in [1.165, 1.54) is 4.68 Å². The number of aromatic nitrogens is 2. The molecule has 0 aliphatic carbocycles. The second-order valence-corrected chi connectivity index (χ2v) is 6.79. The van der Waals surface area contributed by atoms with Gasteiger partial charge in [0.1, 0.15) is 5.02 Å². The van der Waals surface area contributed by atoms with Crippen molar-refractivity contribution < 1.29 is 0 Å². The second kappa shape index (κ2) is 9.02. The molecule has 1 heterocycles. The van der Waals surface area contributed by atoms with E-state index in [2.05, 4.69) is 43.3 Å². The molecule has 0 spiro atoms. The largest absolute Gasteiger partial charge is 0.381 e. The molecule has 0 bridgehead atoms. The SMILES string of the molecule is CCC(CC)[C@H](CNc1cnn(-c2ccccc2)c(=O)c1Cl)N(C)C. The van der Waals surface area contributed by atoms with Gasteiger partial charge in [0.15, 0.2) is 0 Å². The van der Waals surface area contributed by atoms with Crippen molar-refractivity contribution >= 4 is 17.3 Å². The van der Waals surface area contributed by atoms with E-state index in [4.69, 9.17) is 11.6 Å². The molecule has 6 heteroatoms. The molecule has 2 rings (SSSR count). The summed E-state index contributed by atoms with van der Waals surface area (Å²) in [6.07, 6.45) is 3.85. The zero-order valence-electron chi connectivity index (χ0n) is 15.4. The summed E-state index contributed by atoms with van der Waals surface area (Å²) in [5, 5.41) is 7.74. The average molecular weight is 363 g/mol. The third-order valence-electron chi connectivity index (χ3n) is 4.68. The average Bonchev–Trinajstić information content (AvgIpc) is 2.62. The zero-order chi connectivity index (χ0) is 18.4. The van der Waals surface area contributed by atoms with E-state index in [1.807, 2.05) is 30.3 Å². The van der Waals surface area contributed by atoms with Gasteiger partial charge in [-0.15, -0.1) is 0 Å². The zero-order valence-corrected chi connectivity index (χ0v) is 16.1. The third kappa shape index (κ3) is 4.61. The Hall–Kier alpha value is -1.85. The number of nitrogens with zero attached hydrogens (tertiary/aromatic N) is 3. The van der Waals surface area contributed by atoms with Gasteiger partial charge in [0, 0.05) is 12.6 Å². The van der Waals surface area contributed by atoms with Crippen molar-refractivity contribution in [3.63, 3.8) is 0 Å². The molecule has 0 fully saturated rings. The van der Waals surface area contributed by atoms with Crippen LogP contribution >= 0.6 is 11.6 Å². The quantitative estimate of drug-likeness (QED) is 0.778. The number of para-hydroxylation sites is 1. The highest BCUT2D eigenvalue weighted by molar-refractivity contribution is 6.32. The molecule has 0 unspecified atom stereocenters. The van der Waals surface area contributed by atoms with Crippen molar-refractivity contribution in [2.75, 3.05) is 26.0 Å². The molecule has 5 nitrogen and oxygen atoms in total. The first-order valence-electron chi connectivity index (χ1n) is 8.73. The fraction of sp³-hybridized carbons (Fsp3) is 0.474. The van der Waals surface area contributed by atoms with Crippen LogP contribution in [0.2, 0.25) is 5.02 Å². The van der Waals surface area contributed by atoms with Gasteiger partial charge in [0.05, 0.1) is 17.6 Å². The monoisotopic (exact) mass is 362 g/mol. The number of rotatable bonds is 8. The lowest BCUT2D eigenvalue weighted by molar-refractivity contribution is 0.210. The third-order valence-corrected chi connectivity index (χ3v) is 5.04. The summed E-state index contributed by atoms with van der Waals surface area (Å²) < 4.78 is 1.32. The molecule has 0 aliphatic rings. The lowest BCUT2D eigenvalue weighted by Gasteiger charge is -2.31. The smallest absolute Gasteiger partial charge is 0.292 e. The number of halogens is 1. The fourth-order valence-corrected chi connectivity index (χ4v) is 3.32. The van der Waals surface area contributed by atoms with Crippen molar-refractivity contribution in [1.82, 2.24) is 14.7 Å². The van der Waals surface area contributed by atoms with E-state index in [9.17, 15) is 4.79 Å². The molecule has 2 aromatic rings. The Morgan fingerprint density at radius 3 is 2.40 bits per heavy atom. The Balaban J connectivity index is 2.21. The summed E-state index contributed by atoms with van der Waals surface area (Å²) in [4.78, 5) is 14.8. The van der Waals surface area contributed by atoms with Crippen molar-refractivity contribution in [2.45, 2.75) is 32.7 Å². The van der Waals surface area contributed by atoms with Gasteiger partial charge in [-0.2, -0.15) is 9.78 Å². The highest BCUT2D eigenvalue weighted by Gasteiger charge is 2.21. The van der Waals surface area contributed by atoms with E-state index in [1.54, 1.807) is 6.20 Å². The molecular weight excluding hydrogens is 336 g/mol. The molecule has 1 atom stereocenters. The van der Waals surface area contributed by atoms with Gasteiger partial charge in [-0.1, -0.05) is 56.5 Å². The lowest BCUT2D eigenvalue weighted by atomic mass is 9.93. The van der Waals surface area contributed by atoms with E-state index in [-0.39, 0.29) is 10.6 Å². The van der Waals surface area contributed by atoms with Crippen LogP contribution in [0.1, 0.15) is 26.7 Å². The van der Waals surface area contributed by atoms with Gasteiger partial charge in [0.25, 0.3) is 5.56 Å². The number of nitrogens with one attached hydrogen (secondary N) is 1. The van der Waals surface area contributed by atoms with Crippen molar-refractivity contribution in [2.24, 2.45) is 5.92 Å². The number of anilines is 1. The minimum absolute atomic E-state index is 0.168. The molecule has 0 radical (unpaired) electrons. The Kier molecular flexibility index (Phi) is 7.02. The van der Waals surface area contributed by atoms with E-state index < -0.39 is 0 Å². The van der Waals surface area contributed by atoms with Crippen LogP contribution in [0.4, 0.5) is 5.69 Å². The molecular formula is C19H27ClN4O. The van der Waals surface area contributed by atoms with E-state index >= 15 is 0 Å². The van der Waals surface area contributed by atoms with Crippen LogP contribution in [0.3, 0.4) is 0 Å². The highest BCUT2D eigenvalue weighted by Crippen LogP contribution is 2.20. The second-order valence-electron chi connectivity index (χ2n) is 6.41. The van der Waals surface area contributed by atoms with Gasteiger partial charge in [-0.25, -0.2) is 0 Å². The molecule has 25 heavy (non-hydrogen) atoms. The van der Waals surface area contributed by atoms with Gasteiger partial charge >= 0.3 is 0 Å². The van der Waals surface area contributed by atoms with Crippen LogP contribution in [0.15, 0.2) is 41.3 Å². The number of hydrogen-bond donors (Lipinski definition) is 1. The van der Waals surface area contributed by atoms with Gasteiger partial charge in [-0.05, 0) is 32.1 Å². The molecule has 1 N–H and O–H groups in total. The van der Waals surface area contributed by atoms with Gasteiger partial charge < -0.3 is 10.2 Å². The van der Waals surface area contributed by atoms with Crippen LogP contribution in [0, 0.1) is 5.92 Å². The Morgan fingerprint density at radius 2 is 1.84 bits per heavy atom. The Labute approximate surface area is 154 Å². The predicted molar refractivity (Wildman–Crippen MR) is 105 cm³/mol. The summed E-state index contributed by atoms with van der Waals surface area (Å²) in [6, 6.07) is 9.63. The maximum absolute atomic E-state index is 12.5. The Bertz CT molecular complexity index is 726. The molecule has 1 aromatic carbocycles. The minimum Gasteiger partial charge on any atom is -0.381 e. The fourth-order valence-electron chi connectivity index (χ4n) is 3.13. The lowest BCUT2D eigenvalue weighted by Crippen LogP contribution is -2.40. The van der Waals surface area contributed by atoms with Crippen molar-refractivity contribution in [1.29, 1.82) is 0 Å². The molecule has 0 saturated heterocycles. The number of likely N-dealkylation sites (N-methyl/N-ethyl adjacent to an activating group) is 1. The minimum atomic E-state index is -0.318.